The van der Waals surface area contributed by atoms with Gasteiger partial charge >= 0.3 is 11.9 Å². The Morgan fingerprint density at radius 2 is 2.29 bits per heavy atom. The lowest BCUT2D eigenvalue weighted by atomic mass is 10.4. The van der Waals surface area contributed by atoms with Gasteiger partial charge in [-0.15, -0.1) is 0 Å². The monoisotopic (exact) mass is 261 g/mol. The molecule has 0 aromatic carbocycles. The van der Waals surface area contributed by atoms with Crippen LogP contribution in [0.5, 0.6) is 0 Å². The maximum atomic E-state index is 10.9. The van der Waals surface area contributed by atoms with Gasteiger partial charge in [0.15, 0.2) is 0 Å². The van der Waals surface area contributed by atoms with Crippen molar-refractivity contribution in [3.8, 4) is 0 Å². The summed E-state index contributed by atoms with van der Waals surface area (Å²) in [6, 6.07) is 1.42. The van der Waals surface area contributed by atoms with Crippen LogP contribution in [0.2, 0.25) is 0 Å². The lowest BCUT2D eigenvalue weighted by Crippen LogP contribution is -2.15. The van der Waals surface area contributed by atoms with Crippen LogP contribution in [-0.2, 0) is 16.1 Å². The van der Waals surface area contributed by atoms with Gasteiger partial charge in [-0.2, -0.15) is 0 Å². The minimum Gasteiger partial charge on any atom is -0.477 e. The number of carboxylic acids is 1. The van der Waals surface area contributed by atoms with Gasteiger partial charge in [0.05, 0.1) is 7.11 Å². The van der Waals surface area contributed by atoms with Crippen molar-refractivity contribution in [3.05, 3.63) is 22.4 Å². The molecule has 1 aromatic rings. The second-order valence-electron chi connectivity index (χ2n) is 2.55. The fourth-order valence-corrected chi connectivity index (χ4v) is 1.45. The van der Waals surface area contributed by atoms with E-state index in [0.717, 1.165) is 0 Å². The maximum Gasteiger partial charge on any atom is 0.352 e. The molecule has 0 amide bonds. The molecule has 0 saturated heterocycles. The summed E-state index contributed by atoms with van der Waals surface area (Å²) in [5.74, 6) is -1.57. The van der Waals surface area contributed by atoms with Crippen LogP contribution in [0.15, 0.2) is 16.7 Å². The van der Waals surface area contributed by atoms with Gasteiger partial charge in [0.2, 0.25) is 0 Å². The van der Waals surface area contributed by atoms with Gasteiger partial charge in [-0.25, -0.2) is 4.79 Å². The Kier molecular flexibility index (Phi) is 3.29. The van der Waals surface area contributed by atoms with Crippen molar-refractivity contribution in [1.82, 2.24) is 4.57 Å². The van der Waals surface area contributed by atoms with E-state index in [2.05, 4.69) is 20.7 Å². The molecule has 0 radical (unpaired) electrons. The largest absolute Gasteiger partial charge is 0.477 e. The van der Waals surface area contributed by atoms with Crippen molar-refractivity contribution in [2.45, 2.75) is 6.54 Å². The number of esters is 1. The number of ether oxygens (including phenoxy) is 1. The Morgan fingerprint density at radius 3 is 2.79 bits per heavy atom. The van der Waals surface area contributed by atoms with Crippen molar-refractivity contribution in [1.29, 1.82) is 0 Å². The number of halogens is 1. The molecule has 5 nitrogen and oxygen atoms in total. The highest BCUT2D eigenvalue weighted by molar-refractivity contribution is 9.10. The summed E-state index contributed by atoms with van der Waals surface area (Å²) < 4.78 is 6.34. The molecular formula is C8H8BrNO4. The molecule has 0 aliphatic heterocycles. The van der Waals surface area contributed by atoms with E-state index in [1.807, 2.05) is 0 Å². The van der Waals surface area contributed by atoms with Crippen LogP contribution >= 0.6 is 15.9 Å². The Balaban J connectivity index is 2.95. The zero-order valence-electron chi connectivity index (χ0n) is 7.36. The minimum absolute atomic E-state index is 0.0438. The Hall–Kier alpha value is -1.30. The van der Waals surface area contributed by atoms with Crippen LogP contribution < -0.4 is 0 Å². The van der Waals surface area contributed by atoms with E-state index < -0.39 is 11.9 Å². The number of nitrogens with zero attached hydrogens (tertiary/aromatic N) is 1. The average Bonchev–Trinajstić information content (AvgIpc) is 2.46. The first-order chi connectivity index (χ1) is 6.54. The third-order valence-corrected chi connectivity index (χ3v) is 2.04. The van der Waals surface area contributed by atoms with Crippen LogP contribution in [0.25, 0.3) is 0 Å². The Labute approximate surface area is 88.4 Å². The second-order valence-corrected chi connectivity index (χ2v) is 3.47. The van der Waals surface area contributed by atoms with Crippen molar-refractivity contribution in [3.63, 3.8) is 0 Å². The molecule has 1 aromatic heterocycles. The second kappa shape index (κ2) is 4.28. The molecule has 1 heterocycles. The number of carbonyl (C=O) groups is 2. The molecule has 0 fully saturated rings. The van der Waals surface area contributed by atoms with Crippen LogP contribution in [0.4, 0.5) is 0 Å². The number of rotatable bonds is 3. The lowest BCUT2D eigenvalue weighted by molar-refractivity contribution is -0.141. The van der Waals surface area contributed by atoms with Crippen molar-refractivity contribution < 1.29 is 19.4 Å². The highest BCUT2D eigenvalue weighted by Gasteiger charge is 2.13. The highest BCUT2D eigenvalue weighted by atomic mass is 79.9. The molecule has 0 aliphatic rings. The highest BCUT2D eigenvalue weighted by Crippen LogP contribution is 2.14. The fraction of sp³-hybridized carbons (Fsp3) is 0.250. The van der Waals surface area contributed by atoms with E-state index in [-0.39, 0.29) is 12.2 Å². The summed E-state index contributed by atoms with van der Waals surface area (Å²) >= 11 is 3.13. The molecule has 76 valence electrons. The maximum absolute atomic E-state index is 10.9. The molecule has 0 bridgehead atoms. The van der Waals surface area contributed by atoms with E-state index >= 15 is 0 Å². The van der Waals surface area contributed by atoms with E-state index in [9.17, 15) is 9.59 Å². The topological polar surface area (TPSA) is 68.5 Å². The van der Waals surface area contributed by atoms with Crippen LogP contribution in [0, 0.1) is 0 Å². The summed E-state index contributed by atoms with van der Waals surface area (Å²) in [4.78, 5) is 21.6. The number of methoxy groups -OCH3 is 1. The van der Waals surface area contributed by atoms with E-state index in [4.69, 9.17) is 5.11 Å². The predicted octanol–water partition coefficient (Wildman–Crippen LogP) is 1.12. The summed E-state index contributed by atoms with van der Waals surface area (Å²) in [5.41, 5.74) is 0.0438. The van der Waals surface area contributed by atoms with Gasteiger partial charge in [0, 0.05) is 10.7 Å². The quantitative estimate of drug-likeness (QED) is 0.829. The summed E-state index contributed by atoms with van der Waals surface area (Å²) in [6.07, 6.45) is 1.51. The third-order valence-electron chi connectivity index (χ3n) is 1.61. The van der Waals surface area contributed by atoms with Crippen LogP contribution in [0.1, 0.15) is 10.5 Å². The molecule has 0 unspecified atom stereocenters. The molecular weight excluding hydrogens is 254 g/mol. The summed E-state index contributed by atoms with van der Waals surface area (Å²) in [5, 5.41) is 8.77. The first-order valence-corrected chi connectivity index (χ1v) is 4.49. The smallest absolute Gasteiger partial charge is 0.352 e. The molecule has 1 N–H and O–H groups in total. The van der Waals surface area contributed by atoms with Crippen LogP contribution in [0.3, 0.4) is 0 Å². The van der Waals surface area contributed by atoms with Gasteiger partial charge in [-0.3, -0.25) is 4.79 Å². The minimum atomic E-state index is -1.08. The van der Waals surface area contributed by atoms with E-state index in [1.165, 1.54) is 23.9 Å². The number of aromatic nitrogens is 1. The SMILES string of the molecule is COC(=O)Cn1cc(Br)cc1C(=O)O. The van der Waals surface area contributed by atoms with E-state index in [0.29, 0.717) is 4.47 Å². The number of aromatic carboxylic acids is 1. The number of hydrogen-bond acceptors (Lipinski definition) is 3. The number of carbonyl (C=O) groups excluding carboxylic acids is 1. The lowest BCUT2D eigenvalue weighted by Gasteiger charge is -2.03. The zero-order chi connectivity index (χ0) is 10.7. The molecule has 0 spiro atoms. The molecule has 0 atom stereocenters. The van der Waals surface area contributed by atoms with Gasteiger partial charge in [0.25, 0.3) is 0 Å². The zero-order valence-corrected chi connectivity index (χ0v) is 8.94. The van der Waals surface area contributed by atoms with Crippen molar-refractivity contribution >= 4 is 27.9 Å². The first kappa shape index (κ1) is 10.8. The third kappa shape index (κ3) is 2.35. The van der Waals surface area contributed by atoms with Crippen LogP contribution in [-0.4, -0.2) is 28.7 Å². The van der Waals surface area contributed by atoms with Gasteiger partial charge in [0.1, 0.15) is 12.2 Å². The van der Waals surface area contributed by atoms with Crippen molar-refractivity contribution in [2.75, 3.05) is 7.11 Å². The van der Waals surface area contributed by atoms with E-state index in [1.54, 1.807) is 0 Å². The van der Waals surface area contributed by atoms with Gasteiger partial charge in [-0.1, -0.05) is 0 Å². The molecule has 14 heavy (non-hydrogen) atoms. The Morgan fingerprint density at radius 1 is 1.64 bits per heavy atom. The van der Waals surface area contributed by atoms with Gasteiger partial charge in [-0.05, 0) is 22.0 Å². The fourth-order valence-electron chi connectivity index (χ4n) is 0.988. The average molecular weight is 262 g/mol. The number of carboxylic acid groups (broad SMARTS) is 1. The Bertz CT molecular complexity index is 371. The molecule has 1 rings (SSSR count). The predicted molar refractivity (Wildman–Crippen MR) is 51.1 cm³/mol. The van der Waals surface area contributed by atoms with Gasteiger partial charge < -0.3 is 14.4 Å². The molecule has 6 heteroatoms. The molecule has 0 saturated carbocycles. The standard InChI is InChI=1S/C8H8BrNO4/c1-14-7(11)4-10-3-5(9)2-6(10)8(12)13/h2-3H,4H2,1H3,(H,12,13). The normalized spacial score (nSPS) is 9.86. The number of hydrogen-bond donors (Lipinski definition) is 1. The summed E-state index contributed by atoms with van der Waals surface area (Å²) in [7, 11) is 1.25. The summed E-state index contributed by atoms with van der Waals surface area (Å²) in [6.45, 7) is -0.107. The molecule has 0 aliphatic carbocycles. The first-order valence-electron chi connectivity index (χ1n) is 3.70. The van der Waals surface area contributed by atoms with Crippen molar-refractivity contribution in [2.24, 2.45) is 0 Å².